The molecule has 1 N–H and O–H groups in total. The van der Waals surface area contributed by atoms with Gasteiger partial charge in [0.25, 0.3) is 16.0 Å². The number of aromatic nitrogens is 5. The van der Waals surface area contributed by atoms with E-state index in [9.17, 15) is 8.42 Å². The SMILES string of the molecule is Cc1cc(NS(=O)(=O)c2cnc(-c3cccc(Br)c3)s2)n(-c2ncccn2)n1. The van der Waals surface area contributed by atoms with E-state index in [1.165, 1.54) is 10.9 Å². The second-order valence-electron chi connectivity index (χ2n) is 5.73. The van der Waals surface area contributed by atoms with Crippen LogP contribution in [0.4, 0.5) is 5.82 Å². The maximum absolute atomic E-state index is 12.9. The Labute approximate surface area is 173 Å². The molecule has 0 amide bonds. The molecule has 0 spiro atoms. The standard InChI is InChI=1S/C17H13BrN6O2S2/c1-11-8-14(24(22-11)17-19-6-3-7-20-17)23-28(25,26)15-10-21-16(27-15)12-4-2-5-13(18)9-12/h2-10,23H,1H3. The van der Waals surface area contributed by atoms with Gasteiger partial charge in [0.05, 0.1) is 11.9 Å². The largest absolute Gasteiger partial charge is 0.274 e. The zero-order valence-corrected chi connectivity index (χ0v) is 17.7. The number of nitrogens with zero attached hydrogens (tertiary/aromatic N) is 5. The molecule has 142 valence electrons. The summed E-state index contributed by atoms with van der Waals surface area (Å²) in [7, 11) is -3.85. The van der Waals surface area contributed by atoms with Crippen molar-refractivity contribution in [3.05, 3.63) is 65.2 Å². The summed E-state index contributed by atoms with van der Waals surface area (Å²) < 4.78 is 30.6. The minimum absolute atomic E-state index is 0.0989. The fourth-order valence-electron chi connectivity index (χ4n) is 2.45. The van der Waals surface area contributed by atoms with Gasteiger partial charge in [0.1, 0.15) is 10.8 Å². The van der Waals surface area contributed by atoms with Crippen LogP contribution in [0.5, 0.6) is 0 Å². The third-order valence-corrected chi connectivity index (χ3v) is 6.99. The summed E-state index contributed by atoms with van der Waals surface area (Å²) in [4.78, 5) is 12.5. The highest BCUT2D eigenvalue weighted by Gasteiger charge is 2.22. The van der Waals surface area contributed by atoms with Crippen molar-refractivity contribution >= 4 is 43.1 Å². The van der Waals surface area contributed by atoms with Crippen LogP contribution >= 0.6 is 27.3 Å². The molecular weight excluding hydrogens is 464 g/mol. The molecule has 28 heavy (non-hydrogen) atoms. The first kappa shape index (κ1) is 18.7. The minimum atomic E-state index is -3.85. The van der Waals surface area contributed by atoms with E-state index in [1.807, 2.05) is 24.3 Å². The molecule has 0 bridgehead atoms. The van der Waals surface area contributed by atoms with Crippen molar-refractivity contribution < 1.29 is 8.42 Å². The van der Waals surface area contributed by atoms with Crippen molar-refractivity contribution in [3.8, 4) is 16.5 Å². The van der Waals surface area contributed by atoms with E-state index >= 15 is 0 Å². The summed E-state index contributed by atoms with van der Waals surface area (Å²) in [6.07, 6.45) is 4.46. The van der Waals surface area contributed by atoms with Gasteiger partial charge in [0.2, 0.25) is 0 Å². The fourth-order valence-corrected chi connectivity index (χ4v) is 5.01. The number of benzene rings is 1. The molecule has 11 heteroatoms. The molecule has 0 saturated heterocycles. The molecule has 3 heterocycles. The average molecular weight is 477 g/mol. The summed E-state index contributed by atoms with van der Waals surface area (Å²) >= 11 is 4.49. The van der Waals surface area contributed by atoms with Crippen LogP contribution in [0.15, 0.2) is 63.7 Å². The summed E-state index contributed by atoms with van der Waals surface area (Å²) in [5, 5.41) is 4.88. The zero-order valence-electron chi connectivity index (χ0n) is 14.4. The monoisotopic (exact) mass is 476 g/mol. The maximum Gasteiger partial charge on any atom is 0.274 e. The van der Waals surface area contributed by atoms with Crippen molar-refractivity contribution in [2.45, 2.75) is 11.1 Å². The van der Waals surface area contributed by atoms with Crippen molar-refractivity contribution in [2.75, 3.05) is 4.72 Å². The number of aryl methyl sites for hydroxylation is 1. The third kappa shape index (κ3) is 3.81. The lowest BCUT2D eigenvalue weighted by Gasteiger charge is -2.07. The van der Waals surface area contributed by atoms with Gasteiger partial charge in [-0.2, -0.15) is 9.78 Å². The Balaban J connectivity index is 1.66. The van der Waals surface area contributed by atoms with Crippen LogP contribution in [-0.4, -0.2) is 33.2 Å². The molecule has 0 fully saturated rings. The molecule has 8 nitrogen and oxygen atoms in total. The first-order valence-corrected chi connectivity index (χ1v) is 11.1. The Hall–Kier alpha value is -2.63. The van der Waals surface area contributed by atoms with Crippen LogP contribution in [0.25, 0.3) is 16.5 Å². The Morgan fingerprint density at radius 1 is 1.11 bits per heavy atom. The molecule has 4 rings (SSSR count). The zero-order chi connectivity index (χ0) is 19.7. The summed E-state index contributed by atoms with van der Waals surface area (Å²) in [6, 6.07) is 10.8. The summed E-state index contributed by atoms with van der Waals surface area (Å²) in [6.45, 7) is 1.76. The van der Waals surface area contributed by atoms with E-state index in [2.05, 4.69) is 40.7 Å². The highest BCUT2D eigenvalue weighted by Crippen LogP contribution is 2.30. The Kier molecular flexibility index (Phi) is 4.96. The molecule has 0 saturated carbocycles. The molecule has 0 aliphatic rings. The van der Waals surface area contributed by atoms with Crippen LogP contribution in [0.2, 0.25) is 0 Å². The van der Waals surface area contributed by atoms with Gasteiger partial charge in [0, 0.05) is 28.5 Å². The van der Waals surface area contributed by atoms with Crippen molar-refractivity contribution in [3.63, 3.8) is 0 Å². The van der Waals surface area contributed by atoms with E-state index < -0.39 is 10.0 Å². The number of anilines is 1. The minimum Gasteiger partial charge on any atom is -0.262 e. The predicted molar refractivity (Wildman–Crippen MR) is 110 cm³/mol. The molecule has 0 radical (unpaired) electrons. The van der Waals surface area contributed by atoms with E-state index in [4.69, 9.17) is 0 Å². The molecule has 4 aromatic rings. The first-order valence-electron chi connectivity index (χ1n) is 8.01. The van der Waals surface area contributed by atoms with Crippen LogP contribution in [-0.2, 0) is 10.0 Å². The average Bonchev–Trinajstić information content (AvgIpc) is 3.30. The van der Waals surface area contributed by atoms with E-state index in [1.54, 1.807) is 31.5 Å². The summed E-state index contributed by atoms with van der Waals surface area (Å²) in [5.74, 6) is 0.522. The lowest BCUT2D eigenvalue weighted by Crippen LogP contribution is -2.15. The first-order chi connectivity index (χ1) is 13.4. The number of hydrogen-bond acceptors (Lipinski definition) is 7. The molecule has 0 aliphatic heterocycles. The van der Waals surface area contributed by atoms with Gasteiger partial charge in [-0.15, -0.1) is 11.3 Å². The van der Waals surface area contributed by atoms with Crippen molar-refractivity contribution in [2.24, 2.45) is 0 Å². The number of thiazole rings is 1. The number of sulfonamides is 1. The lowest BCUT2D eigenvalue weighted by atomic mass is 10.2. The van der Waals surface area contributed by atoms with E-state index in [0.717, 1.165) is 21.4 Å². The Morgan fingerprint density at radius 3 is 2.64 bits per heavy atom. The van der Waals surface area contributed by atoms with Gasteiger partial charge in [-0.05, 0) is 25.1 Å². The third-order valence-electron chi connectivity index (χ3n) is 3.63. The molecule has 1 aromatic carbocycles. The van der Waals surface area contributed by atoms with Gasteiger partial charge >= 0.3 is 0 Å². The molecule has 0 atom stereocenters. The highest BCUT2D eigenvalue weighted by atomic mass is 79.9. The molecule has 0 unspecified atom stereocenters. The smallest absolute Gasteiger partial charge is 0.262 e. The molecular formula is C17H13BrN6O2S2. The Morgan fingerprint density at radius 2 is 1.89 bits per heavy atom. The lowest BCUT2D eigenvalue weighted by molar-refractivity contribution is 0.602. The highest BCUT2D eigenvalue weighted by molar-refractivity contribution is 9.10. The Bertz CT molecular complexity index is 1240. The van der Waals surface area contributed by atoms with Crippen LogP contribution in [0, 0.1) is 6.92 Å². The number of halogens is 1. The number of rotatable bonds is 5. The molecule has 0 aliphatic carbocycles. The predicted octanol–water partition coefficient (Wildman–Crippen LogP) is 3.66. The number of nitrogens with one attached hydrogen (secondary N) is 1. The van der Waals surface area contributed by atoms with Crippen LogP contribution in [0.3, 0.4) is 0 Å². The van der Waals surface area contributed by atoms with Gasteiger partial charge in [-0.1, -0.05) is 28.1 Å². The second-order valence-corrected chi connectivity index (χ2v) is 9.59. The molecule has 3 aromatic heterocycles. The van der Waals surface area contributed by atoms with E-state index in [-0.39, 0.29) is 16.0 Å². The van der Waals surface area contributed by atoms with E-state index in [0.29, 0.717) is 10.7 Å². The van der Waals surface area contributed by atoms with Crippen molar-refractivity contribution in [1.82, 2.24) is 24.7 Å². The number of hydrogen-bond donors (Lipinski definition) is 1. The maximum atomic E-state index is 12.9. The van der Waals surface area contributed by atoms with Gasteiger partial charge in [-0.3, -0.25) is 4.72 Å². The summed E-state index contributed by atoms with van der Waals surface area (Å²) in [5.41, 5.74) is 1.46. The second kappa shape index (κ2) is 7.41. The topological polar surface area (TPSA) is 103 Å². The van der Waals surface area contributed by atoms with Crippen LogP contribution in [0.1, 0.15) is 5.69 Å². The quantitative estimate of drug-likeness (QED) is 0.471. The van der Waals surface area contributed by atoms with Crippen LogP contribution < -0.4 is 4.72 Å². The van der Waals surface area contributed by atoms with Crippen molar-refractivity contribution in [1.29, 1.82) is 0 Å². The van der Waals surface area contributed by atoms with Gasteiger partial charge in [-0.25, -0.2) is 23.4 Å². The van der Waals surface area contributed by atoms with Gasteiger partial charge < -0.3 is 0 Å². The normalized spacial score (nSPS) is 11.5. The van der Waals surface area contributed by atoms with Gasteiger partial charge in [0.15, 0.2) is 4.21 Å². The fraction of sp³-hybridized carbons (Fsp3) is 0.0588.